The summed E-state index contributed by atoms with van der Waals surface area (Å²) in [4.78, 5) is 36.2. The number of ketones is 1. The molecular weight excluding hydrogens is 288 g/mol. The van der Waals surface area contributed by atoms with Crippen LogP contribution in [0.5, 0.6) is 0 Å². The second kappa shape index (κ2) is 7.06. The number of hydrogen-bond donors (Lipinski definition) is 0. The van der Waals surface area contributed by atoms with E-state index in [0.29, 0.717) is 43.3 Å². The maximum absolute atomic E-state index is 12.2. The monoisotopic (exact) mass is 306 g/mol. The molecule has 2 rings (SSSR count). The average Bonchev–Trinajstić information content (AvgIpc) is 2.72. The van der Waals surface area contributed by atoms with Crippen LogP contribution in [0.1, 0.15) is 32.1 Å². The van der Waals surface area contributed by atoms with Gasteiger partial charge in [0.05, 0.1) is 37.9 Å². The number of hydrogen-bond acceptors (Lipinski definition) is 6. The van der Waals surface area contributed by atoms with Gasteiger partial charge in [-0.25, -0.2) is 9.59 Å². The summed E-state index contributed by atoms with van der Waals surface area (Å²) in [6.45, 7) is 0. The fourth-order valence-corrected chi connectivity index (χ4v) is 2.55. The molecule has 118 valence electrons. The molecule has 0 aromatic carbocycles. The Morgan fingerprint density at radius 3 is 2.00 bits per heavy atom. The minimum absolute atomic E-state index is 0.118. The Bertz CT molecular complexity index is 594. The summed E-state index contributed by atoms with van der Waals surface area (Å²) in [6, 6.07) is 0. The highest BCUT2D eigenvalue weighted by Crippen LogP contribution is 2.33. The normalized spacial score (nSPS) is 18.7. The highest BCUT2D eigenvalue weighted by molar-refractivity contribution is 6.06. The standard InChI is InChI=1S/C16H18O6/c1-20-15(18)13-10-4-3-5-12(17)7-6-11(9-22-8-10)14(13)16(19)21-2/h8-9H,3-7H2,1-2H3. The molecule has 0 amide bonds. The second-order valence-electron chi connectivity index (χ2n) is 5.05. The first-order valence-corrected chi connectivity index (χ1v) is 7.05. The maximum atomic E-state index is 12.2. The molecule has 0 N–H and O–H groups in total. The smallest absolute Gasteiger partial charge is 0.339 e. The molecule has 6 heteroatoms. The summed E-state index contributed by atoms with van der Waals surface area (Å²) in [5.74, 6) is -1.14. The molecule has 0 radical (unpaired) electrons. The van der Waals surface area contributed by atoms with Gasteiger partial charge in [-0.3, -0.25) is 4.79 Å². The van der Waals surface area contributed by atoms with Gasteiger partial charge in [-0.05, 0) is 19.3 Å². The predicted octanol–water partition coefficient (Wildman–Crippen LogP) is 1.96. The summed E-state index contributed by atoms with van der Waals surface area (Å²) >= 11 is 0. The van der Waals surface area contributed by atoms with Crippen LogP contribution >= 0.6 is 0 Å². The highest BCUT2D eigenvalue weighted by Gasteiger charge is 2.31. The molecule has 0 atom stereocenters. The van der Waals surface area contributed by atoms with E-state index in [1.54, 1.807) is 0 Å². The Hall–Kier alpha value is -2.37. The van der Waals surface area contributed by atoms with Gasteiger partial charge >= 0.3 is 11.9 Å². The maximum Gasteiger partial charge on any atom is 0.339 e. The Balaban J connectivity index is 2.62. The van der Waals surface area contributed by atoms with Crippen molar-refractivity contribution in [2.45, 2.75) is 32.1 Å². The highest BCUT2D eigenvalue weighted by atomic mass is 16.5. The molecule has 0 saturated heterocycles. The van der Waals surface area contributed by atoms with Gasteiger partial charge in [-0.2, -0.15) is 0 Å². The Kier molecular flexibility index (Phi) is 5.14. The molecule has 0 spiro atoms. The van der Waals surface area contributed by atoms with Crippen molar-refractivity contribution in [3.05, 3.63) is 34.8 Å². The molecule has 1 aliphatic carbocycles. The minimum atomic E-state index is -0.643. The fourth-order valence-electron chi connectivity index (χ4n) is 2.55. The van der Waals surface area contributed by atoms with Crippen LogP contribution in [0.15, 0.2) is 34.8 Å². The summed E-state index contributed by atoms with van der Waals surface area (Å²) in [5.41, 5.74) is 1.28. The lowest BCUT2D eigenvalue weighted by atomic mass is 9.88. The van der Waals surface area contributed by atoms with Crippen LogP contribution in [-0.2, 0) is 28.6 Å². The van der Waals surface area contributed by atoms with Crippen LogP contribution in [0.25, 0.3) is 0 Å². The van der Waals surface area contributed by atoms with Crippen LogP contribution in [0.2, 0.25) is 0 Å². The molecule has 0 unspecified atom stereocenters. The quantitative estimate of drug-likeness (QED) is 0.726. The lowest BCUT2D eigenvalue weighted by molar-refractivity contribution is -0.139. The van der Waals surface area contributed by atoms with Gasteiger partial charge in [-0.15, -0.1) is 0 Å². The molecule has 0 aromatic rings. The molecule has 2 aliphatic rings. The average molecular weight is 306 g/mol. The summed E-state index contributed by atoms with van der Waals surface area (Å²) < 4.78 is 15.0. The van der Waals surface area contributed by atoms with Crippen molar-refractivity contribution in [1.82, 2.24) is 0 Å². The number of ether oxygens (including phenoxy) is 3. The molecule has 22 heavy (non-hydrogen) atoms. The number of methoxy groups -OCH3 is 2. The zero-order valence-electron chi connectivity index (χ0n) is 12.6. The fraction of sp³-hybridized carbons (Fsp3) is 0.438. The number of carbonyl (C=O) groups is 3. The first-order valence-electron chi connectivity index (χ1n) is 7.05. The summed E-state index contributed by atoms with van der Waals surface area (Å²) in [6.07, 6.45) is 4.88. The van der Waals surface area contributed by atoms with Crippen LogP contribution < -0.4 is 0 Å². The van der Waals surface area contributed by atoms with Crippen molar-refractivity contribution in [1.29, 1.82) is 0 Å². The van der Waals surface area contributed by atoms with Crippen molar-refractivity contribution in [2.24, 2.45) is 0 Å². The lowest BCUT2D eigenvalue weighted by Crippen LogP contribution is -2.18. The van der Waals surface area contributed by atoms with Crippen molar-refractivity contribution in [3.63, 3.8) is 0 Å². The van der Waals surface area contributed by atoms with Gasteiger partial charge in [0, 0.05) is 24.0 Å². The first-order chi connectivity index (χ1) is 10.6. The van der Waals surface area contributed by atoms with Crippen molar-refractivity contribution in [2.75, 3.05) is 14.2 Å². The Morgan fingerprint density at radius 1 is 0.909 bits per heavy atom. The number of fused-ring (bicyclic) bond motifs is 2. The van der Waals surface area contributed by atoms with Crippen LogP contribution in [0.4, 0.5) is 0 Å². The second-order valence-corrected chi connectivity index (χ2v) is 5.05. The summed E-state index contributed by atoms with van der Waals surface area (Å²) in [5, 5.41) is 0. The van der Waals surface area contributed by atoms with Gasteiger partial charge < -0.3 is 14.2 Å². The van der Waals surface area contributed by atoms with Gasteiger partial charge in [0.1, 0.15) is 5.78 Å². The largest absolute Gasteiger partial charge is 0.472 e. The van der Waals surface area contributed by atoms with Crippen LogP contribution in [0.3, 0.4) is 0 Å². The molecular formula is C16H18O6. The van der Waals surface area contributed by atoms with E-state index in [-0.39, 0.29) is 16.9 Å². The van der Waals surface area contributed by atoms with Gasteiger partial charge in [-0.1, -0.05) is 0 Å². The topological polar surface area (TPSA) is 78.9 Å². The third kappa shape index (κ3) is 3.27. The summed E-state index contributed by atoms with van der Waals surface area (Å²) in [7, 11) is 2.50. The SMILES string of the molecule is COC(=O)C1=C(C(=O)OC)C2=COC=C1CCCC(=O)CC2. The minimum Gasteiger partial charge on any atom is -0.472 e. The molecule has 6 nitrogen and oxygen atoms in total. The first kappa shape index (κ1) is 16.0. The van der Waals surface area contributed by atoms with Crippen molar-refractivity contribution < 1.29 is 28.6 Å². The zero-order chi connectivity index (χ0) is 16.1. The van der Waals surface area contributed by atoms with Gasteiger partial charge in [0.15, 0.2) is 0 Å². The van der Waals surface area contributed by atoms with E-state index in [2.05, 4.69) is 0 Å². The number of rotatable bonds is 2. The van der Waals surface area contributed by atoms with E-state index in [0.717, 1.165) is 0 Å². The van der Waals surface area contributed by atoms with E-state index >= 15 is 0 Å². The molecule has 0 aromatic heterocycles. The number of carbonyl (C=O) groups excluding carboxylic acids is 3. The molecule has 1 aliphatic heterocycles. The molecule has 1 heterocycles. The molecule has 2 bridgehead atoms. The van der Waals surface area contributed by atoms with Crippen LogP contribution in [0, 0.1) is 0 Å². The van der Waals surface area contributed by atoms with Crippen LogP contribution in [-0.4, -0.2) is 31.9 Å². The predicted molar refractivity (Wildman–Crippen MR) is 76.4 cm³/mol. The van der Waals surface area contributed by atoms with E-state index in [1.807, 2.05) is 0 Å². The molecule has 0 saturated carbocycles. The van der Waals surface area contributed by atoms with Crippen molar-refractivity contribution in [3.8, 4) is 0 Å². The van der Waals surface area contributed by atoms with E-state index < -0.39 is 11.9 Å². The van der Waals surface area contributed by atoms with Gasteiger partial charge in [0.2, 0.25) is 0 Å². The van der Waals surface area contributed by atoms with Crippen molar-refractivity contribution >= 4 is 17.7 Å². The Labute approximate surface area is 128 Å². The third-order valence-electron chi connectivity index (χ3n) is 3.67. The van der Waals surface area contributed by atoms with E-state index in [4.69, 9.17) is 14.2 Å². The third-order valence-corrected chi connectivity index (χ3v) is 3.67. The van der Waals surface area contributed by atoms with E-state index in [9.17, 15) is 14.4 Å². The molecule has 0 fully saturated rings. The number of Topliss-reactive ketones (excluding diaryl/α,β-unsaturated/α-hetero) is 1. The van der Waals surface area contributed by atoms with E-state index in [1.165, 1.54) is 26.7 Å². The van der Waals surface area contributed by atoms with Gasteiger partial charge in [0.25, 0.3) is 0 Å². The Morgan fingerprint density at radius 2 is 1.45 bits per heavy atom. The number of esters is 2. The zero-order valence-corrected chi connectivity index (χ0v) is 12.6. The lowest BCUT2D eigenvalue weighted by Gasteiger charge is -2.16.